The van der Waals surface area contributed by atoms with Gasteiger partial charge in [-0.1, -0.05) is 6.07 Å². The van der Waals surface area contributed by atoms with Gasteiger partial charge in [0.1, 0.15) is 0 Å². The molecule has 0 aliphatic rings. The van der Waals surface area contributed by atoms with Gasteiger partial charge in [-0.3, -0.25) is 4.79 Å². The van der Waals surface area contributed by atoms with Gasteiger partial charge < -0.3 is 5.73 Å². The van der Waals surface area contributed by atoms with Gasteiger partial charge in [-0.2, -0.15) is 0 Å². The van der Waals surface area contributed by atoms with Gasteiger partial charge in [-0.05, 0) is 11.6 Å². The standard InChI is InChI=1S/C10H8ClNOS/c11-3-6-1-2-8(12)9-7(4-13)5-14-10(6)9/h1-2,4-5H,3,12H2. The van der Waals surface area contributed by atoms with Crippen LogP contribution in [0.5, 0.6) is 0 Å². The Labute approximate surface area is 90.3 Å². The molecule has 14 heavy (non-hydrogen) atoms. The summed E-state index contributed by atoms with van der Waals surface area (Å²) in [6.07, 6.45) is 0.827. The fraction of sp³-hybridized carbons (Fsp3) is 0.100. The summed E-state index contributed by atoms with van der Waals surface area (Å²) in [5.74, 6) is 0.440. The molecule has 4 heteroatoms. The molecule has 2 aromatic rings. The molecule has 2 nitrogen and oxygen atoms in total. The number of halogens is 1. The van der Waals surface area contributed by atoms with E-state index < -0.39 is 0 Å². The van der Waals surface area contributed by atoms with Crippen LogP contribution in [-0.2, 0) is 5.88 Å². The zero-order chi connectivity index (χ0) is 10.1. The fourth-order valence-electron chi connectivity index (χ4n) is 1.45. The van der Waals surface area contributed by atoms with Crippen LogP contribution in [0.4, 0.5) is 5.69 Å². The van der Waals surface area contributed by atoms with E-state index >= 15 is 0 Å². The number of benzene rings is 1. The Hall–Kier alpha value is -1.06. The zero-order valence-electron chi connectivity index (χ0n) is 7.29. The summed E-state index contributed by atoms with van der Waals surface area (Å²) in [5, 5.41) is 2.65. The Kier molecular flexibility index (Phi) is 2.44. The van der Waals surface area contributed by atoms with Crippen molar-refractivity contribution in [3.8, 4) is 0 Å². The number of hydrogen-bond donors (Lipinski definition) is 1. The third-order valence-electron chi connectivity index (χ3n) is 2.13. The number of alkyl halides is 1. The summed E-state index contributed by atoms with van der Waals surface area (Å²) in [4.78, 5) is 10.8. The number of carbonyl (C=O) groups is 1. The number of rotatable bonds is 2. The summed E-state index contributed by atoms with van der Waals surface area (Å²) >= 11 is 7.30. The normalized spacial score (nSPS) is 10.6. The van der Waals surface area contributed by atoms with Gasteiger partial charge in [0.25, 0.3) is 0 Å². The van der Waals surface area contributed by atoms with E-state index in [-0.39, 0.29) is 0 Å². The van der Waals surface area contributed by atoms with Gasteiger partial charge in [0.05, 0.1) is 0 Å². The second-order valence-corrected chi connectivity index (χ2v) is 4.11. The average Bonchev–Trinajstić information content (AvgIpc) is 2.63. The summed E-state index contributed by atoms with van der Waals surface area (Å²) in [6.45, 7) is 0. The molecule has 0 amide bonds. The van der Waals surface area contributed by atoms with Gasteiger partial charge in [0.2, 0.25) is 0 Å². The van der Waals surface area contributed by atoms with E-state index in [4.69, 9.17) is 17.3 Å². The van der Waals surface area contributed by atoms with E-state index in [0.29, 0.717) is 17.1 Å². The topological polar surface area (TPSA) is 43.1 Å². The highest BCUT2D eigenvalue weighted by atomic mass is 35.5. The minimum atomic E-state index is 0.440. The lowest BCUT2D eigenvalue weighted by molar-refractivity contribution is 0.112. The first kappa shape index (κ1) is 9.49. The van der Waals surface area contributed by atoms with E-state index in [9.17, 15) is 4.79 Å². The third kappa shape index (κ3) is 1.29. The number of nitrogen functional groups attached to an aromatic ring is 1. The lowest BCUT2D eigenvalue weighted by Gasteiger charge is -2.01. The number of anilines is 1. The first-order valence-electron chi connectivity index (χ1n) is 4.07. The molecule has 2 rings (SSSR count). The van der Waals surface area contributed by atoms with Crippen molar-refractivity contribution < 1.29 is 4.79 Å². The van der Waals surface area contributed by atoms with Crippen LogP contribution >= 0.6 is 22.9 Å². The predicted molar refractivity (Wildman–Crippen MR) is 61.2 cm³/mol. The van der Waals surface area contributed by atoms with Crippen LogP contribution in [0.3, 0.4) is 0 Å². The predicted octanol–water partition coefficient (Wildman–Crippen LogP) is 3.03. The molecular weight excluding hydrogens is 218 g/mol. The van der Waals surface area contributed by atoms with Gasteiger partial charge in [0.15, 0.2) is 6.29 Å². The van der Waals surface area contributed by atoms with E-state index in [1.807, 2.05) is 11.4 Å². The molecule has 0 saturated carbocycles. The second kappa shape index (κ2) is 3.59. The van der Waals surface area contributed by atoms with Crippen LogP contribution in [0.25, 0.3) is 10.1 Å². The Morgan fingerprint density at radius 1 is 1.50 bits per heavy atom. The average molecular weight is 226 g/mol. The maximum Gasteiger partial charge on any atom is 0.151 e. The van der Waals surface area contributed by atoms with Crippen LogP contribution in [0, 0.1) is 0 Å². The largest absolute Gasteiger partial charge is 0.398 e. The summed E-state index contributed by atoms with van der Waals surface area (Å²) in [7, 11) is 0. The maximum atomic E-state index is 10.8. The van der Waals surface area contributed by atoms with Gasteiger partial charge in [0, 0.05) is 32.6 Å². The lowest BCUT2D eigenvalue weighted by atomic mass is 10.1. The molecule has 0 unspecified atom stereocenters. The van der Waals surface area contributed by atoms with E-state index in [0.717, 1.165) is 21.9 Å². The minimum absolute atomic E-state index is 0.440. The van der Waals surface area contributed by atoms with Crippen molar-refractivity contribution in [3.05, 3.63) is 28.6 Å². The number of thiophene rings is 1. The molecule has 0 fully saturated rings. The number of nitrogens with two attached hydrogens (primary N) is 1. The molecule has 0 aliphatic heterocycles. The van der Waals surface area contributed by atoms with Crippen molar-refractivity contribution in [2.24, 2.45) is 0 Å². The maximum absolute atomic E-state index is 10.8. The molecule has 1 aromatic heterocycles. The molecule has 0 radical (unpaired) electrons. The molecule has 0 bridgehead atoms. The quantitative estimate of drug-likeness (QED) is 0.485. The molecule has 1 aromatic carbocycles. The van der Waals surface area contributed by atoms with Gasteiger partial charge in [-0.25, -0.2) is 0 Å². The van der Waals surface area contributed by atoms with Crippen molar-refractivity contribution in [2.45, 2.75) is 5.88 Å². The van der Waals surface area contributed by atoms with Crippen LogP contribution in [0.2, 0.25) is 0 Å². The minimum Gasteiger partial charge on any atom is -0.398 e. The molecule has 2 N–H and O–H groups in total. The smallest absolute Gasteiger partial charge is 0.151 e. The SMILES string of the molecule is Nc1ccc(CCl)c2scc(C=O)c12. The second-order valence-electron chi connectivity index (χ2n) is 2.96. The van der Waals surface area contributed by atoms with Crippen LogP contribution in [-0.4, -0.2) is 6.29 Å². The number of hydrogen-bond acceptors (Lipinski definition) is 3. The van der Waals surface area contributed by atoms with Crippen molar-refractivity contribution >= 4 is 45.0 Å². The Morgan fingerprint density at radius 3 is 2.93 bits per heavy atom. The van der Waals surface area contributed by atoms with Crippen molar-refractivity contribution in [2.75, 3.05) is 5.73 Å². The molecule has 1 heterocycles. The van der Waals surface area contributed by atoms with Gasteiger partial charge >= 0.3 is 0 Å². The van der Waals surface area contributed by atoms with Crippen molar-refractivity contribution in [1.82, 2.24) is 0 Å². The summed E-state index contributed by atoms with van der Waals surface area (Å²) in [5.41, 5.74) is 8.11. The zero-order valence-corrected chi connectivity index (χ0v) is 8.86. The monoisotopic (exact) mass is 225 g/mol. The highest BCUT2D eigenvalue weighted by Crippen LogP contribution is 2.33. The number of carbonyl (C=O) groups excluding carboxylic acids is 1. The number of fused-ring (bicyclic) bond motifs is 1. The molecule has 0 saturated heterocycles. The van der Waals surface area contributed by atoms with E-state index in [1.165, 1.54) is 11.3 Å². The lowest BCUT2D eigenvalue weighted by Crippen LogP contribution is -1.89. The van der Waals surface area contributed by atoms with Crippen LogP contribution in [0.15, 0.2) is 17.5 Å². The first-order valence-corrected chi connectivity index (χ1v) is 5.49. The summed E-state index contributed by atoms with van der Waals surface area (Å²) in [6, 6.07) is 3.69. The van der Waals surface area contributed by atoms with Gasteiger partial charge in [-0.15, -0.1) is 22.9 Å². The van der Waals surface area contributed by atoms with E-state index in [1.54, 1.807) is 6.07 Å². The third-order valence-corrected chi connectivity index (χ3v) is 3.50. The molecule has 72 valence electrons. The van der Waals surface area contributed by atoms with Crippen LogP contribution < -0.4 is 5.73 Å². The molecule has 0 aliphatic carbocycles. The molecular formula is C10H8ClNOS. The Balaban J connectivity index is 2.86. The van der Waals surface area contributed by atoms with Crippen molar-refractivity contribution in [3.63, 3.8) is 0 Å². The van der Waals surface area contributed by atoms with Crippen LogP contribution in [0.1, 0.15) is 15.9 Å². The number of aldehydes is 1. The highest BCUT2D eigenvalue weighted by Gasteiger charge is 2.09. The highest BCUT2D eigenvalue weighted by molar-refractivity contribution is 7.17. The fourth-order valence-corrected chi connectivity index (χ4v) is 2.81. The Bertz CT molecular complexity index is 492. The summed E-state index contributed by atoms with van der Waals surface area (Å²) < 4.78 is 1.02. The first-order chi connectivity index (χ1) is 6.77. The molecule has 0 spiro atoms. The van der Waals surface area contributed by atoms with E-state index in [2.05, 4.69) is 0 Å². The van der Waals surface area contributed by atoms with Crippen molar-refractivity contribution in [1.29, 1.82) is 0 Å². The molecule has 0 atom stereocenters. The Morgan fingerprint density at radius 2 is 2.29 bits per heavy atom.